The zero-order chi connectivity index (χ0) is 20.2. The summed E-state index contributed by atoms with van der Waals surface area (Å²) in [5, 5.41) is 15.4. The number of esters is 1. The molecule has 0 spiro atoms. The van der Waals surface area contributed by atoms with Crippen molar-refractivity contribution in [3.05, 3.63) is 83.8 Å². The highest BCUT2D eigenvalue weighted by Crippen LogP contribution is 2.25. The van der Waals surface area contributed by atoms with E-state index in [0.717, 1.165) is 10.8 Å². The number of ether oxygens (including phenoxy) is 2. The van der Waals surface area contributed by atoms with Gasteiger partial charge in [0, 0.05) is 0 Å². The van der Waals surface area contributed by atoms with Crippen LogP contribution in [0.15, 0.2) is 65.2 Å². The number of phenolic OH excluding ortho intramolecular Hbond substituents is 1. The van der Waals surface area contributed by atoms with Gasteiger partial charge in [-0.3, -0.25) is 0 Å². The van der Waals surface area contributed by atoms with E-state index in [1.807, 2.05) is 24.3 Å². The molecule has 1 N–H and O–H groups in total. The molecule has 7 nitrogen and oxygen atoms in total. The molecule has 3 aromatic carbocycles. The number of fused-ring (bicyclic) bond motifs is 1. The van der Waals surface area contributed by atoms with Crippen LogP contribution >= 0.6 is 0 Å². The van der Waals surface area contributed by atoms with E-state index >= 15 is 0 Å². The Morgan fingerprint density at radius 3 is 2.52 bits per heavy atom. The standard InChI is InChI=1S/C21H15FN2O5/c22-15-5-7-16(8-6-15)27-11-19-23-20(29-24-19)12-28-21(26)17-9-13-3-1-2-4-14(13)10-18(17)25/h1-10,25H,11-12H2. The van der Waals surface area contributed by atoms with E-state index in [1.165, 1.54) is 30.3 Å². The van der Waals surface area contributed by atoms with E-state index in [1.54, 1.807) is 6.07 Å². The molecule has 0 unspecified atom stereocenters. The second kappa shape index (κ2) is 7.97. The second-order valence-corrected chi connectivity index (χ2v) is 6.14. The lowest BCUT2D eigenvalue weighted by Gasteiger charge is -2.06. The number of carbonyl (C=O) groups excluding carboxylic acids is 1. The van der Waals surface area contributed by atoms with Gasteiger partial charge in [0.25, 0.3) is 5.89 Å². The van der Waals surface area contributed by atoms with Crippen LogP contribution in [0, 0.1) is 5.82 Å². The Kier molecular flexibility index (Phi) is 5.07. The lowest BCUT2D eigenvalue weighted by atomic mass is 10.1. The first kappa shape index (κ1) is 18.4. The van der Waals surface area contributed by atoms with Crippen molar-refractivity contribution in [2.24, 2.45) is 0 Å². The summed E-state index contributed by atoms with van der Waals surface area (Å²) in [5.74, 6) is -0.470. The summed E-state index contributed by atoms with van der Waals surface area (Å²) >= 11 is 0. The summed E-state index contributed by atoms with van der Waals surface area (Å²) in [6, 6.07) is 15.9. The van der Waals surface area contributed by atoms with Gasteiger partial charge in [-0.25, -0.2) is 9.18 Å². The number of carbonyl (C=O) groups is 1. The van der Waals surface area contributed by atoms with Crippen LogP contribution in [0.3, 0.4) is 0 Å². The fraction of sp³-hybridized carbons (Fsp3) is 0.0952. The van der Waals surface area contributed by atoms with Crippen LogP contribution in [0.25, 0.3) is 10.8 Å². The molecule has 0 aliphatic carbocycles. The summed E-state index contributed by atoms with van der Waals surface area (Å²) < 4.78 is 28.5. The molecule has 146 valence electrons. The van der Waals surface area contributed by atoms with Gasteiger partial charge in [-0.15, -0.1) is 0 Å². The van der Waals surface area contributed by atoms with E-state index in [-0.39, 0.29) is 42.1 Å². The number of aromatic nitrogens is 2. The highest BCUT2D eigenvalue weighted by molar-refractivity contribution is 5.98. The van der Waals surface area contributed by atoms with Crippen LogP contribution in [0.5, 0.6) is 11.5 Å². The van der Waals surface area contributed by atoms with Gasteiger partial charge in [-0.2, -0.15) is 4.98 Å². The topological polar surface area (TPSA) is 94.7 Å². The van der Waals surface area contributed by atoms with Crippen molar-refractivity contribution >= 4 is 16.7 Å². The van der Waals surface area contributed by atoms with Gasteiger partial charge >= 0.3 is 5.97 Å². The van der Waals surface area contributed by atoms with Gasteiger partial charge in [0.1, 0.15) is 22.9 Å². The zero-order valence-corrected chi connectivity index (χ0v) is 15.0. The van der Waals surface area contributed by atoms with Crippen molar-refractivity contribution in [2.45, 2.75) is 13.2 Å². The fourth-order valence-electron chi connectivity index (χ4n) is 2.68. The molecule has 0 aliphatic rings. The molecule has 0 fully saturated rings. The third-order valence-corrected chi connectivity index (χ3v) is 4.10. The number of rotatable bonds is 6. The Balaban J connectivity index is 1.36. The number of nitrogens with zero attached hydrogens (tertiary/aromatic N) is 2. The van der Waals surface area contributed by atoms with Crippen LogP contribution in [0.1, 0.15) is 22.1 Å². The minimum absolute atomic E-state index is 0.00847. The molecular formula is C21H15FN2O5. The van der Waals surface area contributed by atoms with Gasteiger partial charge in [-0.1, -0.05) is 29.4 Å². The Morgan fingerprint density at radius 2 is 1.76 bits per heavy atom. The molecule has 0 saturated heterocycles. The predicted octanol–water partition coefficient (Wildman–Crippen LogP) is 4.00. The summed E-state index contributed by atoms with van der Waals surface area (Å²) in [4.78, 5) is 16.4. The molecule has 0 amide bonds. The number of benzene rings is 3. The van der Waals surface area contributed by atoms with Gasteiger partial charge < -0.3 is 19.1 Å². The summed E-state index contributed by atoms with van der Waals surface area (Å²) in [7, 11) is 0. The maximum Gasteiger partial charge on any atom is 0.342 e. The van der Waals surface area contributed by atoms with Crippen molar-refractivity contribution in [3.8, 4) is 11.5 Å². The Hall–Kier alpha value is -3.94. The highest BCUT2D eigenvalue weighted by Gasteiger charge is 2.16. The molecular weight excluding hydrogens is 379 g/mol. The van der Waals surface area contributed by atoms with E-state index in [9.17, 15) is 14.3 Å². The molecule has 1 aromatic heterocycles. The van der Waals surface area contributed by atoms with E-state index in [2.05, 4.69) is 10.1 Å². The minimum Gasteiger partial charge on any atom is -0.507 e. The molecule has 0 radical (unpaired) electrons. The third kappa shape index (κ3) is 4.32. The first-order valence-corrected chi connectivity index (χ1v) is 8.67. The maximum absolute atomic E-state index is 12.9. The van der Waals surface area contributed by atoms with E-state index in [0.29, 0.717) is 5.75 Å². The average molecular weight is 394 g/mol. The molecule has 1 heterocycles. The first-order valence-electron chi connectivity index (χ1n) is 8.67. The van der Waals surface area contributed by atoms with Crippen LogP contribution < -0.4 is 4.74 Å². The third-order valence-electron chi connectivity index (χ3n) is 4.10. The van der Waals surface area contributed by atoms with Crippen LogP contribution in [-0.4, -0.2) is 21.2 Å². The lowest BCUT2D eigenvalue weighted by molar-refractivity contribution is 0.0426. The Morgan fingerprint density at radius 1 is 1.03 bits per heavy atom. The fourth-order valence-corrected chi connectivity index (χ4v) is 2.68. The first-order chi connectivity index (χ1) is 14.1. The van der Waals surface area contributed by atoms with Crippen molar-refractivity contribution in [2.75, 3.05) is 0 Å². The lowest BCUT2D eigenvalue weighted by Crippen LogP contribution is -2.06. The molecule has 4 rings (SSSR count). The number of hydrogen-bond acceptors (Lipinski definition) is 7. The summed E-state index contributed by atoms with van der Waals surface area (Å²) in [6.45, 7) is -0.247. The van der Waals surface area contributed by atoms with Crippen molar-refractivity contribution in [3.63, 3.8) is 0 Å². The number of halogens is 1. The van der Waals surface area contributed by atoms with Gasteiger partial charge in [0.2, 0.25) is 5.82 Å². The molecule has 0 aliphatic heterocycles. The molecule has 29 heavy (non-hydrogen) atoms. The molecule has 4 aromatic rings. The van der Waals surface area contributed by atoms with Gasteiger partial charge in [-0.05, 0) is 47.2 Å². The zero-order valence-electron chi connectivity index (χ0n) is 15.0. The van der Waals surface area contributed by atoms with Crippen LogP contribution in [0.4, 0.5) is 4.39 Å². The Bertz CT molecular complexity index is 1160. The average Bonchev–Trinajstić information content (AvgIpc) is 3.19. The predicted molar refractivity (Wildman–Crippen MR) is 99.8 cm³/mol. The Labute approximate surface area is 164 Å². The van der Waals surface area contributed by atoms with Gasteiger partial charge in [0.05, 0.1) is 0 Å². The molecule has 0 saturated carbocycles. The summed E-state index contributed by atoms with van der Waals surface area (Å²) in [5.41, 5.74) is 0.0445. The van der Waals surface area contributed by atoms with Crippen molar-refractivity contribution in [1.82, 2.24) is 10.1 Å². The number of phenols is 1. The minimum atomic E-state index is -0.712. The SMILES string of the molecule is O=C(OCc1nc(COc2ccc(F)cc2)no1)c1cc2ccccc2cc1O. The number of aromatic hydroxyl groups is 1. The van der Waals surface area contributed by atoms with Crippen LogP contribution in [0.2, 0.25) is 0 Å². The highest BCUT2D eigenvalue weighted by atomic mass is 19.1. The van der Waals surface area contributed by atoms with Crippen LogP contribution in [-0.2, 0) is 18.0 Å². The molecule has 0 bridgehead atoms. The summed E-state index contributed by atoms with van der Waals surface area (Å²) in [6.07, 6.45) is 0. The van der Waals surface area contributed by atoms with E-state index in [4.69, 9.17) is 14.0 Å². The second-order valence-electron chi connectivity index (χ2n) is 6.14. The monoisotopic (exact) mass is 394 g/mol. The van der Waals surface area contributed by atoms with Gasteiger partial charge in [0.15, 0.2) is 13.2 Å². The quantitative estimate of drug-likeness (QED) is 0.494. The maximum atomic E-state index is 12.9. The van der Waals surface area contributed by atoms with Crippen molar-refractivity contribution < 1.29 is 28.3 Å². The molecule has 8 heteroatoms. The van der Waals surface area contributed by atoms with E-state index < -0.39 is 5.97 Å². The largest absolute Gasteiger partial charge is 0.507 e. The van der Waals surface area contributed by atoms with Crippen molar-refractivity contribution in [1.29, 1.82) is 0 Å². The smallest absolute Gasteiger partial charge is 0.342 e. The molecule has 0 atom stereocenters. The number of hydrogen-bond donors (Lipinski definition) is 1. The normalized spacial score (nSPS) is 10.8.